The zero-order valence-electron chi connectivity index (χ0n) is 24.8. The molecule has 2 saturated heterocycles. The van der Waals surface area contributed by atoms with Crippen LogP contribution in [0, 0.1) is 17.2 Å². The van der Waals surface area contributed by atoms with Crippen LogP contribution in [0.25, 0.3) is 0 Å². The predicted molar refractivity (Wildman–Crippen MR) is 151 cm³/mol. The van der Waals surface area contributed by atoms with Crippen LogP contribution in [0.4, 0.5) is 23.7 Å². The van der Waals surface area contributed by atoms with E-state index in [1.165, 1.54) is 12.1 Å². The average Bonchev–Trinajstić information content (AvgIpc) is 3.58. The van der Waals surface area contributed by atoms with Crippen molar-refractivity contribution in [2.24, 2.45) is 5.92 Å². The lowest BCUT2D eigenvalue weighted by atomic mass is 9.91. The van der Waals surface area contributed by atoms with E-state index in [1.54, 1.807) is 29.6 Å². The van der Waals surface area contributed by atoms with Gasteiger partial charge in [-0.05, 0) is 103 Å². The number of hydrogen-bond donors (Lipinski definition) is 1. The van der Waals surface area contributed by atoms with Gasteiger partial charge in [-0.15, -0.1) is 0 Å². The summed E-state index contributed by atoms with van der Waals surface area (Å²) in [7, 11) is 0. The van der Waals surface area contributed by atoms with E-state index in [0.717, 1.165) is 56.6 Å². The normalized spacial score (nSPS) is 19.0. The van der Waals surface area contributed by atoms with Gasteiger partial charge in [-0.3, -0.25) is 9.48 Å². The van der Waals surface area contributed by atoms with Crippen LogP contribution in [-0.4, -0.2) is 69.9 Å². The Labute approximate surface area is 244 Å². The number of carbonyl (C=O) groups excluding carboxylic acids is 2. The summed E-state index contributed by atoms with van der Waals surface area (Å²) in [6, 6.07) is 4.64. The maximum Gasteiger partial charge on any atom is 0.417 e. The van der Waals surface area contributed by atoms with Gasteiger partial charge in [0, 0.05) is 31.5 Å². The van der Waals surface area contributed by atoms with Gasteiger partial charge in [0.25, 0.3) is 5.91 Å². The van der Waals surface area contributed by atoms with Crippen LogP contribution in [-0.2, 0) is 21.2 Å². The number of alkyl halides is 3. The Morgan fingerprint density at radius 2 is 1.79 bits per heavy atom. The first-order valence-electron chi connectivity index (χ1n) is 14.2. The number of halogens is 3. The third-order valence-electron chi connectivity index (χ3n) is 7.95. The molecule has 0 radical (unpaired) electrons. The highest BCUT2D eigenvalue weighted by atomic mass is 19.4. The Hall–Kier alpha value is -3.59. The molecule has 4 rings (SSSR count). The summed E-state index contributed by atoms with van der Waals surface area (Å²) in [5.41, 5.74) is -2.31. The number of carbonyl (C=O) groups is 2. The van der Waals surface area contributed by atoms with Gasteiger partial charge in [-0.25, -0.2) is 4.79 Å². The molecule has 0 aliphatic carbocycles. The van der Waals surface area contributed by atoms with Gasteiger partial charge in [-0.1, -0.05) is 0 Å². The molecule has 9 nitrogen and oxygen atoms in total. The molecular formula is C30H39F3N6O3. The number of nitrogens with one attached hydrogen (secondary N) is 1. The summed E-state index contributed by atoms with van der Waals surface area (Å²) < 4.78 is 47.1. The van der Waals surface area contributed by atoms with Crippen molar-refractivity contribution in [3.05, 3.63) is 47.3 Å². The number of benzene rings is 1. The number of rotatable bonds is 6. The number of aromatic nitrogens is 2. The highest BCUT2D eigenvalue weighted by Crippen LogP contribution is 2.34. The van der Waals surface area contributed by atoms with Crippen molar-refractivity contribution >= 4 is 17.7 Å². The molecule has 1 aromatic carbocycles. The largest absolute Gasteiger partial charge is 0.444 e. The van der Waals surface area contributed by atoms with Crippen LogP contribution in [0.2, 0.25) is 0 Å². The number of amides is 2. The lowest BCUT2D eigenvalue weighted by Gasteiger charge is -2.33. The molecule has 1 unspecified atom stereocenters. The standard InChI is InChI=1S/C30H39F3N6O3/c1-28(2,3)42-27(41)38-13-8-20(18-38)17-37-11-9-21(10-12-37)23-16-35-39(19-23)29(4,5)26(40)36-24-7-6-22(15-34)25(14-24)30(31,32)33/h6-7,14,16,19-21H,8-13,17-18H2,1-5H3,(H,36,40). The Morgan fingerprint density at radius 1 is 1.10 bits per heavy atom. The highest BCUT2D eigenvalue weighted by Gasteiger charge is 2.36. The van der Waals surface area contributed by atoms with E-state index < -0.39 is 34.4 Å². The molecule has 2 amide bonds. The smallest absolute Gasteiger partial charge is 0.417 e. The van der Waals surface area contributed by atoms with Crippen LogP contribution >= 0.6 is 0 Å². The molecule has 2 aliphatic rings. The van der Waals surface area contributed by atoms with Gasteiger partial charge in [0.2, 0.25) is 0 Å². The molecule has 2 aliphatic heterocycles. The van der Waals surface area contributed by atoms with Gasteiger partial charge in [0.1, 0.15) is 11.1 Å². The van der Waals surface area contributed by atoms with Gasteiger partial charge in [0.15, 0.2) is 0 Å². The van der Waals surface area contributed by atoms with Crippen LogP contribution in [0.5, 0.6) is 0 Å². The van der Waals surface area contributed by atoms with Crippen LogP contribution in [0.3, 0.4) is 0 Å². The van der Waals surface area contributed by atoms with Crippen molar-refractivity contribution in [1.29, 1.82) is 5.26 Å². The van der Waals surface area contributed by atoms with E-state index in [1.807, 2.05) is 27.0 Å². The van der Waals surface area contributed by atoms with Crippen LogP contribution in [0.15, 0.2) is 30.6 Å². The van der Waals surface area contributed by atoms with Gasteiger partial charge >= 0.3 is 12.3 Å². The molecular weight excluding hydrogens is 549 g/mol. The minimum absolute atomic E-state index is 0.0457. The topological polar surface area (TPSA) is 103 Å². The summed E-state index contributed by atoms with van der Waals surface area (Å²) >= 11 is 0. The van der Waals surface area contributed by atoms with Crippen molar-refractivity contribution in [1.82, 2.24) is 19.6 Å². The fourth-order valence-electron chi connectivity index (χ4n) is 5.48. The summed E-state index contributed by atoms with van der Waals surface area (Å²) in [4.78, 5) is 29.7. The highest BCUT2D eigenvalue weighted by molar-refractivity contribution is 5.96. The van der Waals surface area contributed by atoms with E-state index in [-0.39, 0.29) is 17.7 Å². The van der Waals surface area contributed by atoms with Crippen molar-refractivity contribution in [2.45, 2.75) is 77.1 Å². The monoisotopic (exact) mass is 588 g/mol. The zero-order chi connectivity index (χ0) is 30.9. The Balaban J connectivity index is 1.31. The molecule has 3 heterocycles. The predicted octanol–water partition coefficient (Wildman–Crippen LogP) is 5.58. The average molecular weight is 589 g/mol. The molecule has 0 saturated carbocycles. The van der Waals surface area contributed by atoms with Gasteiger partial charge in [-0.2, -0.15) is 23.5 Å². The molecule has 2 aromatic rings. The molecule has 0 spiro atoms. The quantitative estimate of drug-likeness (QED) is 0.472. The second-order valence-corrected chi connectivity index (χ2v) is 12.8. The number of hydrogen-bond acceptors (Lipinski definition) is 6. The number of nitriles is 1. The number of piperidine rings is 1. The Kier molecular flexibility index (Phi) is 8.92. The molecule has 2 fully saturated rings. The zero-order valence-corrected chi connectivity index (χ0v) is 24.8. The van der Waals surface area contributed by atoms with Crippen molar-refractivity contribution < 1.29 is 27.5 Å². The molecule has 1 N–H and O–H groups in total. The maximum atomic E-state index is 13.4. The molecule has 42 heavy (non-hydrogen) atoms. The molecule has 1 atom stereocenters. The maximum absolute atomic E-state index is 13.4. The van der Waals surface area contributed by atoms with E-state index in [2.05, 4.69) is 15.3 Å². The summed E-state index contributed by atoms with van der Waals surface area (Å²) in [5.74, 6) is 0.171. The first kappa shape index (κ1) is 31.3. The van der Waals surface area contributed by atoms with Gasteiger partial charge in [0.05, 0.1) is 23.4 Å². The van der Waals surface area contributed by atoms with Crippen LogP contribution in [0.1, 0.15) is 76.5 Å². The second kappa shape index (κ2) is 12.0. The number of nitrogens with zero attached hydrogens (tertiary/aromatic N) is 5. The summed E-state index contributed by atoms with van der Waals surface area (Å²) in [5, 5.41) is 16.0. The molecule has 0 bridgehead atoms. The molecule has 228 valence electrons. The summed E-state index contributed by atoms with van der Waals surface area (Å²) in [6.07, 6.45) is 1.47. The molecule has 12 heteroatoms. The lowest BCUT2D eigenvalue weighted by molar-refractivity contribution is -0.137. The second-order valence-electron chi connectivity index (χ2n) is 12.8. The summed E-state index contributed by atoms with van der Waals surface area (Å²) in [6.45, 7) is 13.1. The SMILES string of the molecule is CC(C)(C)OC(=O)N1CCC(CN2CCC(c3cnn(C(C)(C)C(=O)Nc4ccc(C#N)c(C(F)(F)F)c4)c3)CC2)C1. The van der Waals surface area contributed by atoms with E-state index in [4.69, 9.17) is 10.00 Å². The van der Waals surface area contributed by atoms with Crippen LogP contribution < -0.4 is 5.32 Å². The number of ether oxygens (including phenoxy) is 1. The minimum atomic E-state index is -4.72. The van der Waals surface area contributed by atoms with E-state index in [0.29, 0.717) is 19.0 Å². The lowest BCUT2D eigenvalue weighted by Crippen LogP contribution is -2.40. The molecule has 1 aromatic heterocycles. The Bertz CT molecular complexity index is 1330. The van der Waals surface area contributed by atoms with Crippen molar-refractivity contribution in [3.8, 4) is 6.07 Å². The minimum Gasteiger partial charge on any atom is -0.444 e. The first-order chi connectivity index (χ1) is 19.6. The van der Waals surface area contributed by atoms with Gasteiger partial charge < -0.3 is 19.9 Å². The fourth-order valence-corrected chi connectivity index (χ4v) is 5.48. The fraction of sp³-hybridized carbons (Fsp3) is 0.600. The Morgan fingerprint density at radius 3 is 2.40 bits per heavy atom. The third-order valence-corrected chi connectivity index (χ3v) is 7.95. The van der Waals surface area contributed by atoms with Crippen molar-refractivity contribution in [2.75, 3.05) is 38.0 Å². The van der Waals surface area contributed by atoms with Crippen molar-refractivity contribution in [3.63, 3.8) is 0 Å². The third kappa shape index (κ3) is 7.43. The van der Waals surface area contributed by atoms with E-state index in [9.17, 15) is 22.8 Å². The number of likely N-dealkylation sites (tertiary alicyclic amines) is 2. The van der Waals surface area contributed by atoms with E-state index >= 15 is 0 Å². The first-order valence-corrected chi connectivity index (χ1v) is 14.2. The number of anilines is 1.